The summed E-state index contributed by atoms with van der Waals surface area (Å²) in [5.41, 5.74) is 0. The van der Waals surface area contributed by atoms with Crippen LogP contribution in [0.2, 0.25) is 5.15 Å². The normalized spacial score (nSPS) is 9.50. The predicted molar refractivity (Wildman–Crippen MR) is 46.4 cm³/mol. The third kappa shape index (κ3) is 2.31. The monoisotopic (exact) mass is 251 g/mol. The van der Waals surface area contributed by atoms with Crippen LogP contribution in [-0.2, 0) is 0 Å². The minimum absolute atomic E-state index is 0.0787. The first-order chi connectivity index (χ1) is 5.59. The van der Waals surface area contributed by atoms with Crippen molar-refractivity contribution in [3.8, 4) is 0 Å². The van der Waals surface area contributed by atoms with Gasteiger partial charge in [0.15, 0.2) is 5.82 Å². The summed E-state index contributed by atoms with van der Waals surface area (Å²) in [6, 6.07) is 0. The number of carbonyl (C=O) groups is 1. The second-order valence-corrected chi connectivity index (χ2v) is 2.90. The molecular weight excluding hydrogens is 249 g/mol. The lowest BCUT2D eigenvalue weighted by molar-refractivity contribution is 0.209. The molecule has 64 valence electrons. The fourth-order valence-electron chi connectivity index (χ4n) is 0.534. The van der Waals surface area contributed by atoms with Gasteiger partial charge >= 0.3 is 6.09 Å². The molecule has 0 unspecified atom stereocenters. The Bertz CT molecular complexity index is 320. The van der Waals surface area contributed by atoms with Gasteiger partial charge in [0.25, 0.3) is 0 Å². The first kappa shape index (κ1) is 9.21. The molecule has 1 amide bonds. The van der Waals surface area contributed by atoms with E-state index in [9.17, 15) is 4.79 Å². The van der Waals surface area contributed by atoms with E-state index in [1.165, 1.54) is 6.20 Å². The first-order valence-electron chi connectivity index (χ1n) is 2.77. The molecule has 0 aromatic carbocycles. The lowest BCUT2D eigenvalue weighted by Crippen LogP contribution is -2.09. The minimum Gasteiger partial charge on any atom is -0.465 e. The van der Waals surface area contributed by atoms with Crippen molar-refractivity contribution in [3.63, 3.8) is 0 Å². The van der Waals surface area contributed by atoms with Crippen molar-refractivity contribution in [1.29, 1.82) is 0 Å². The molecule has 0 spiro atoms. The molecule has 1 aromatic rings. The fraction of sp³-hybridized carbons (Fsp3) is 0. The van der Waals surface area contributed by atoms with Crippen LogP contribution >= 0.6 is 27.5 Å². The van der Waals surface area contributed by atoms with Gasteiger partial charge in [-0.25, -0.2) is 14.8 Å². The number of nitrogens with one attached hydrogen (secondary N) is 1. The maximum Gasteiger partial charge on any atom is 0.410 e. The van der Waals surface area contributed by atoms with E-state index in [4.69, 9.17) is 16.7 Å². The Morgan fingerprint density at radius 1 is 1.75 bits per heavy atom. The Balaban J connectivity index is 2.97. The molecule has 0 atom stereocenters. The van der Waals surface area contributed by atoms with Gasteiger partial charge in [-0.2, -0.15) is 0 Å². The van der Waals surface area contributed by atoms with Crippen molar-refractivity contribution in [3.05, 3.63) is 16.0 Å². The van der Waals surface area contributed by atoms with Crippen LogP contribution in [0.3, 0.4) is 0 Å². The van der Waals surface area contributed by atoms with Gasteiger partial charge in [-0.05, 0) is 15.9 Å². The molecule has 0 fully saturated rings. The summed E-state index contributed by atoms with van der Waals surface area (Å²) in [7, 11) is 0. The third-order valence-corrected chi connectivity index (χ3v) is 1.69. The van der Waals surface area contributed by atoms with Gasteiger partial charge in [-0.15, -0.1) is 0 Å². The molecule has 0 bridgehead atoms. The maximum atomic E-state index is 10.2. The molecule has 0 aliphatic carbocycles. The molecule has 12 heavy (non-hydrogen) atoms. The van der Waals surface area contributed by atoms with Gasteiger partial charge in [0.2, 0.25) is 0 Å². The highest BCUT2D eigenvalue weighted by Gasteiger charge is 2.06. The Morgan fingerprint density at radius 2 is 2.42 bits per heavy atom. The van der Waals surface area contributed by atoms with Crippen molar-refractivity contribution in [2.24, 2.45) is 0 Å². The van der Waals surface area contributed by atoms with Crippen molar-refractivity contribution in [1.82, 2.24) is 9.97 Å². The van der Waals surface area contributed by atoms with Crippen LogP contribution in [0.15, 0.2) is 10.8 Å². The van der Waals surface area contributed by atoms with Crippen molar-refractivity contribution in [2.45, 2.75) is 0 Å². The molecule has 0 aliphatic rings. The van der Waals surface area contributed by atoms with E-state index in [2.05, 4.69) is 25.9 Å². The molecule has 1 rings (SSSR count). The highest BCUT2D eigenvalue weighted by molar-refractivity contribution is 9.10. The number of hydrogen-bond donors (Lipinski definition) is 2. The highest BCUT2D eigenvalue weighted by atomic mass is 79.9. The van der Waals surface area contributed by atoms with Crippen molar-refractivity contribution < 1.29 is 9.90 Å². The Kier molecular flexibility index (Phi) is 2.83. The molecule has 1 heterocycles. The zero-order valence-electron chi connectivity index (χ0n) is 5.58. The van der Waals surface area contributed by atoms with Gasteiger partial charge < -0.3 is 5.11 Å². The first-order valence-corrected chi connectivity index (χ1v) is 3.94. The lowest BCUT2D eigenvalue weighted by Gasteiger charge is -2.00. The van der Waals surface area contributed by atoms with Gasteiger partial charge in [0.05, 0.1) is 6.20 Å². The number of hydrogen-bond acceptors (Lipinski definition) is 3. The Hall–Kier alpha value is -0.880. The Morgan fingerprint density at radius 3 is 3.00 bits per heavy atom. The van der Waals surface area contributed by atoms with Crippen LogP contribution in [-0.4, -0.2) is 21.2 Å². The summed E-state index contributed by atoms with van der Waals surface area (Å²) in [6.45, 7) is 0. The number of rotatable bonds is 1. The molecule has 2 N–H and O–H groups in total. The third-order valence-electron chi connectivity index (χ3n) is 0.924. The molecule has 0 aliphatic heterocycles. The molecule has 0 radical (unpaired) electrons. The summed E-state index contributed by atoms with van der Waals surface area (Å²) in [5.74, 6) is 0.0787. The smallest absolute Gasteiger partial charge is 0.410 e. The fourth-order valence-corrected chi connectivity index (χ4v) is 0.957. The molecule has 1 aromatic heterocycles. The van der Waals surface area contributed by atoms with Gasteiger partial charge in [-0.1, -0.05) is 11.6 Å². The highest BCUT2D eigenvalue weighted by Crippen LogP contribution is 2.18. The topological polar surface area (TPSA) is 75.1 Å². The van der Waals surface area contributed by atoms with Crippen LogP contribution in [0, 0.1) is 0 Å². The number of amides is 1. The van der Waals surface area contributed by atoms with Gasteiger partial charge in [-0.3, -0.25) is 5.32 Å². The summed E-state index contributed by atoms with van der Waals surface area (Å²) in [6.07, 6.45) is 0.0887. The summed E-state index contributed by atoms with van der Waals surface area (Å²) >= 11 is 8.47. The average Bonchev–Trinajstić information content (AvgIpc) is 1.96. The van der Waals surface area contributed by atoms with E-state index in [1.54, 1.807) is 0 Å². The van der Waals surface area contributed by atoms with Crippen molar-refractivity contribution >= 4 is 39.4 Å². The van der Waals surface area contributed by atoms with Crippen LogP contribution in [0.1, 0.15) is 0 Å². The van der Waals surface area contributed by atoms with Gasteiger partial charge in [0.1, 0.15) is 9.76 Å². The SMILES string of the molecule is O=C(O)Nc1nc(Cl)cnc1Br. The second-order valence-electron chi connectivity index (χ2n) is 1.76. The number of aromatic nitrogens is 2. The maximum absolute atomic E-state index is 10.2. The number of anilines is 1. The van der Waals surface area contributed by atoms with Crippen LogP contribution in [0.4, 0.5) is 10.6 Å². The number of carboxylic acid groups (broad SMARTS) is 1. The van der Waals surface area contributed by atoms with Crippen LogP contribution in [0.5, 0.6) is 0 Å². The number of halogens is 2. The van der Waals surface area contributed by atoms with E-state index in [0.717, 1.165) is 0 Å². The van der Waals surface area contributed by atoms with Crippen molar-refractivity contribution in [2.75, 3.05) is 5.32 Å². The predicted octanol–water partition coefficient (Wildman–Crippen LogP) is 1.98. The molecular formula is C5H3BrClN3O2. The average molecular weight is 252 g/mol. The quantitative estimate of drug-likeness (QED) is 0.801. The largest absolute Gasteiger partial charge is 0.465 e. The summed E-state index contributed by atoms with van der Waals surface area (Å²) < 4.78 is 0.300. The molecule has 0 saturated heterocycles. The second kappa shape index (κ2) is 3.68. The van der Waals surface area contributed by atoms with E-state index in [0.29, 0.717) is 4.60 Å². The Labute approximate surface area is 80.9 Å². The van der Waals surface area contributed by atoms with E-state index < -0.39 is 6.09 Å². The standard InChI is InChI=1S/C5H3BrClN3O2/c6-3-4(10-5(11)12)9-2(7)1-8-3/h1H,(H,9,10)(H,11,12). The molecule has 0 saturated carbocycles. The summed E-state index contributed by atoms with van der Waals surface area (Å²) in [4.78, 5) is 17.6. The van der Waals surface area contributed by atoms with E-state index in [-0.39, 0.29) is 11.0 Å². The minimum atomic E-state index is -1.22. The zero-order valence-corrected chi connectivity index (χ0v) is 7.93. The van der Waals surface area contributed by atoms with Crippen LogP contribution in [0.25, 0.3) is 0 Å². The zero-order chi connectivity index (χ0) is 9.14. The number of nitrogens with zero attached hydrogens (tertiary/aromatic N) is 2. The van der Waals surface area contributed by atoms with Crippen LogP contribution < -0.4 is 5.32 Å². The van der Waals surface area contributed by atoms with E-state index >= 15 is 0 Å². The molecule has 7 heteroatoms. The van der Waals surface area contributed by atoms with E-state index in [1.807, 2.05) is 5.32 Å². The lowest BCUT2D eigenvalue weighted by atomic mass is 10.6. The summed E-state index contributed by atoms with van der Waals surface area (Å²) in [5, 5.41) is 10.5. The molecule has 5 nitrogen and oxygen atoms in total. The van der Waals surface area contributed by atoms with Gasteiger partial charge in [0, 0.05) is 0 Å².